The van der Waals surface area contributed by atoms with Gasteiger partial charge in [-0.05, 0) is 54.9 Å². The maximum absolute atomic E-state index is 13.2. The summed E-state index contributed by atoms with van der Waals surface area (Å²) in [5, 5.41) is 3.58. The first-order valence-electron chi connectivity index (χ1n) is 7.57. The average Bonchev–Trinajstić information content (AvgIpc) is 2.41. The predicted octanol–water partition coefficient (Wildman–Crippen LogP) is 3.47. The lowest BCUT2D eigenvalue weighted by atomic mass is 9.74. The minimum Gasteiger partial charge on any atom is -0.381 e. The summed E-state index contributed by atoms with van der Waals surface area (Å²) in [5.41, 5.74) is 2.56. The molecule has 2 nitrogen and oxygen atoms in total. The largest absolute Gasteiger partial charge is 0.381 e. The summed E-state index contributed by atoms with van der Waals surface area (Å²) in [4.78, 5) is 0. The van der Waals surface area contributed by atoms with Crippen LogP contribution in [-0.2, 0) is 11.2 Å². The van der Waals surface area contributed by atoms with Crippen molar-refractivity contribution in [2.24, 2.45) is 5.41 Å². The Bertz CT molecular complexity index is 439. The molecule has 0 bridgehead atoms. The lowest BCUT2D eigenvalue weighted by Crippen LogP contribution is -2.43. The number of ether oxygens (including phenoxy) is 1. The number of nitrogens with one attached hydrogen (secondary N) is 1. The molecule has 1 aliphatic heterocycles. The molecular formula is C17H26FNO. The van der Waals surface area contributed by atoms with E-state index in [-0.39, 0.29) is 11.2 Å². The van der Waals surface area contributed by atoms with Crippen molar-refractivity contribution in [3.63, 3.8) is 0 Å². The number of hydrogen-bond donors (Lipinski definition) is 1. The topological polar surface area (TPSA) is 21.3 Å². The van der Waals surface area contributed by atoms with E-state index in [0.717, 1.165) is 44.6 Å². The van der Waals surface area contributed by atoms with Gasteiger partial charge in [0.2, 0.25) is 0 Å². The molecule has 0 unspecified atom stereocenters. The number of aryl methyl sites for hydroxylation is 1. The van der Waals surface area contributed by atoms with Gasteiger partial charge in [0.25, 0.3) is 0 Å². The highest BCUT2D eigenvalue weighted by Crippen LogP contribution is 2.34. The zero-order valence-corrected chi connectivity index (χ0v) is 12.8. The van der Waals surface area contributed by atoms with E-state index < -0.39 is 0 Å². The molecule has 1 heterocycles. The molecule has 1 aliphatic rings. The van der Waals surface area contributed by atoms with Gasteiger partial charge in [-0.2, -0.15) is 0 Å². The minimum absolute atomic E-state index is 0.146. The normalized spacial score (nSPS) is 18.4. The van der Waals surface area contributed by atoms with Crippen molar-refractivity contribution < 1.29 is 9.13 Å². The van der Waals surface area contributed by atoms with Crippen molar-refractivity contribution >= 4 is 0 Å². The van der Waals surface area contributed by atoms with Crippen molar-refractivity contribution in [2.45, 2.75) is 46.1 Å². The van der Waals surface area contributed by atoms with Crippen LogP contribution in [-0.4, -0.2) is 25.8 Å². The fourth-order valence-corrected chi connectivity index (χ4v) is 2.90. The zero-order valence-electron chi connectivity index (χ0n) is 12.8. The smallest absolute Gasteiger partial charge is 0.123 e. The third-order valence-corrected chi connectivity index (χ3v) is 4.31. The van der Waals surface area contributed by atoms with Gasteiger partial charge in [0.05, 0.1) is 0 Å². The Kier molecular flexibility index (Phi) is 5.17. The summed E-state index contributed by atoms with van der Waals surface area (Å²) >= 11 is 0. The Hall–Kier alpha value is -0.930. The standard InChI is InChI=1S/C17H26FNO/c1-13(2)19-12-17(6-8-20-9-7-17)11-15-4-5-16(18)10-14(15)3/h4-5,10,13,19H,6-9,11-12H2,1-3H3. The molecule has 1 aromatic carbocycles. The molecule has 20 heavy (non-hydrogen) atoms. The second kappa shape index (κ2) is 6.68. The van der Waals surface area contributed by atoms with Gasteiger partial charge in [0.1, 0.15) is 5.82 Å². The number of hydrogen-bond acceptors (Lipinski definition) is 2. The first kappa shape index (κ1) is 15.5. The molecule has 1 N–H and O–H groups in total. The third-order valence-electron chi connectivity index (χ3n) is 4.31. The molecule has 0 spiro atoms. The fraction of sp³-hybridized carbons (Fsp3) is 0.647. The van der Waals surface area contributed by atoms with E-state index in [1.54, 1.807) is 12.1 Å². The predicted molar refractivity (Wildman–Crippen MR) is 80.5 cm³/mol. The van der Waals surface area contributed by atoms with Crippen LogP contribution in [0.4, 0.5) is 4.39 Å². The van der Waals surface area contributed by atoms with Crippen LogP contribution in [0.1, 0.15) is 37.8 Å². The molecule has 1 fully saturated rings. The molecule has 0 amide bonds. The van der Waals surface area contributed by atoms with E-state index in [1.165, 1.54) is 5.56 Å². The first-order chi connectivity index (χ1) is 9.51. The van der Waals surface area contributed by atoms with Crippen LogP contribution in [0.3, 0.4) is 0 Å². The first-order valence-corrected chi connectivity index (χ1v) is 7.57. The van der Waals surface area contributed by atoms with Gasteiger partial charge < -0.3 is 10.1 Å². The third kappa shape index (κ3) is 4.03. The maximum Gasteiger partial charge on any atom is 0.123 e. The Morgan fingerprint density at radius 2 is 2.00 bits per heavy atom. The molecule has 2 rings (SSSR count). The summed E-state index contributed by atoms with van der Waals surface area (Å²) in [6.07, 6.45) is 3.15. The van der Waals surface area contributed by atoms with Crippen LogP contribution in [0.5, 0.6) is 0 Å². The van der Waals surface area contributed by atoms with E-state index in [4.69, 9.17) is 4.74 Å². The number of benzene rings is 1. The Morgan fingerprint density at radius 3 is 2.60 bits per heavy atom. The van der Waals surface area contributed by atoms with Gasteiger partial charge in [0, 0.05) is 25.8 Å². The van der Waals surface area contributed by atoms with Gasteiger partial charge in [-0.3, -0.25) is 0 Å². The Balaban J connectivity index is 2.14. The van der Waals surface area contributed by atoms with Crippen LogP contribution in [0.2, 0.25) is 0 Å². The molecular weight excluding hydrogens is 253 g/mol. The summed E-state index contributed by atoms with van der Waals surface area (Å²) in [5.74, 6) is -0.146. The molecule has 0 radical (unpaired) electrons. The second-order valence-corrected chi connectivity index (χ2v) is 6.40. The van der Waals surface area contributed by atoms with E-state index in [0.29, 0.717) is 6.04 Å². The van der Waals surface area contributed by atoms with Crippen LogP contribution in [0, 0.1) is 18.2 Å². The van der Waals surface area contributed by atoms with Crippen LogP contribution < -0.4 is 5.32 Å². The number of rotatable bonds is 5. The van der Waals surface area contributed by atoms with E-state index in [2.05, 4.69) is 19.2 Å². The summed E-state index contributed by atoms with van der Waals surface area (Å²) in [6.45, 7) is 9.03. The van der Waals surface area contributed by atoms with Gasteiger partial charge in [-0.15, -0.1) is 0 Å². The highest BCUT2D eigenvalue weighted by atomic mass is 19.1. The van der Waals surface area contributed by atoms with Gasteiger partial charge >= 0.3 is 0 Å². The fourth-order valence-electron chi connectivity index (χ4n) is 2.90. The van der Waals surface area contributed by atoms with Crippen LogP contribution >= 0.6 is 0 Å². The molecule has 3 heteroatoms. The molecule has 0 aliphatic carbocycles. The second-order valence-electron chi connectivity index (χ2n) is 6.40. The van der Waals surface area contributed by atoms with E-state index >= 15 is 0 Å². The van der Waals surface area contributed by atoms with Crippen molar-refractivity contribution in [3.8, 4) is 0 Å². The summed E-state index contributed by atoms with van der Waals surface area (Å²) in [7, 11) is 0. The molecule has 1 saturated heterocycles. The van der Waals surface area contributed by atoms with Gasteiger partial charge in [-0.1, -0.05) is 19.9 Å². The minimum atomic E-state index is -0.146. The number of halogens is 1. The van der Waals surface area contributed by atoms with Crippen LogP contribution in [0.15, 0.2) is 18.2 Å². The van der Waals surface area contributed by atoms with Crippen molar-refractivity contribution in [3.05, 3.63) is 35.1 Å². The van der Waals surface area contributed by atoms with Crippen LogP contribution in [0.25, 0.3) is 0 Å². The average molecular weight is 279 g/mol. The lowest BCUT2D eigenvalue weighted by Gasteiger charge is -2.38. The van der Waals surface area contributed by atoms with Gasteiger partial charge in [-0.25, -0.2) is 4.39 Å². The maximum atomic E-state index is 13.2. The highest BCUT2D eigenvalue weighted by Gasteiger charge is 2.33. The van der Waals surface area contributed by atoms with Crippen molar-refractivity contribution in [2.75, 3.05) is 19.8 Å². The van der Waals surface area contributed by atoms with Gasteiger partial charge in [0.15, 0.2) is 0 Å². The Labute approximate surface area is 121 Å². The SMILES string of the molecule is Cc1cc(F)ccc1CC1(CNC(C)C)CCOCC1. The molecule has 0 aromatic heterocycles. The monoisotopic (exact) mass is 279 g/mol. The van der Waals surface area contributed by atoms with Crippen molar-refractivity contribution in [1.29, 1.82) is 0 Å². The highest BCUT2D eigenvalue weighted by molar-refractivity contribution is 5.28. The molecule has 1 aromatic rings. The molecule has 0 saturated carbocycles. The quantitative estimate of drug-likeness (QED) is 0.891. The lowest BCUT2D eigenvalue weighted by molar-refractivity contribution is 0.0140. The van der Waals surface area contributed by atoms with Crippen molar-refractivity contribution in [1.82, 2.24) is 5.32 Å². The molecule has 112 valence electrons. The van der Waals surface area contributed by atoms with E-state index in [1.807, 2.05) is 13.0 Å². The molecule has 0 atom stereocenters. The zero-order chi connectivity index (χ0) is 14.6. The summed E-state index contributed by atoms with van der Waals surface area (Å²) < 4.78 is 18.8. The summed E-state index contributed by atoms with van der Waals surface area (Å²) in [6, 6.07) is 5.64. The van der Waals surface area contributed by atoms with E-state index in [9.17, 15) is 4.39 Å². The Morgan fingerprint density at radius 1 is 1.30 bits per heavy atom.